The number of hydrogen-bond acceptors (Lipinski definition) is 2. The average molecular weight is 193 g/mol. The molecule has 0 aromatic heterocycles. The first-order chi connectivity index (χ1) is 5.83. The fraction of sp³-hybridized carbons (Fsp3) is 1.00. The van der Waals surface area contributed by atoms with Crippen LogP contribution in [0.4, 0.5) is 0 Å². The van der Waals surface area contributed by atoms with Crippen molar-refractivity contribution in [2.24, 2.45) is 5.41 Å². The third-order valence-electron chi connectivity index (χ3n) is 2.67. The van der Waals surface area contributed by atoms with Gasteiger partial charge in [0.05, 0.1) is 0 Å². The van der Waals surface area contributed by atoms with Crippen LogP contribution in [0, 0.1) is 5.41 Å². The van der Waals surface area contributed by atoms with Crippen molar-refractivity contribution in [3.05, 3.63) is 0 Å². The van der Waals surface area contributed by atoms with Crippen LogP contribution in [0.2, 0.25) is 0 Å². The molecule has 0 N–H and O–H groups in total. The van der Waals surface area contributed by atoms with Crippen molar-refractivity contribution < 1.29 is 9.47 Å². The van der Waals surface area contributed by atoms with Crippen LogP contribution >= 0.6 is 11.6 Å². The summed E-state index contributed by atoms with van der Waals surface area (Å²) in [5, 5.41) is 0. The fourth-order valence-corrected chi connectivity index (χ4v) is 1.97. The monoisotopic (exact) mass is 192 g/mol. The van der Waals surface area contributed by atoms with Crippen molar-refractivity contribution in [1.29, 1.82) is 0 Å². The molecule has 3 heteroatoms. The molecule has 72 valence electrons. The van der Waals surface area contributed by atoms with Crippen molar-refractivity contribution >= 4 is 11.6 Å². The third-order valence-corrected chi connectivity index (χ3v) is 3.24. The Balaban J connectivity index is 2.37. The van der Waals surface area contributed by atoms with Crippen LogP contribution in [0.15, 0.2) is 0 Å². The average Bonchev–Trinajstić information content (AvgIpc) is 2.16. The van der Waals surface area contributed by atoms with E-state index in [-0.39, 0.29) is 5.41 Å². The molecule has 0 aromatic carbocycles. The Bertz CT molecular complexity index is 122. The molecule has 0 spiro atoms. The zero-order chi connectivity index (χ0) is 8.86. The van der Waals surface area contributed by atoms with E-state index in [9.17, 15) is 0 Å². The maximum absolute atomic E-state index is 5.96. The minimum Gasteiger partial charge on any atom is -0.385 e. The van der Waals surface area contributed by atoms with E-state index in [1.54, 1.807) is 7.11 Å². The third kappa shape index (κ3) is 2.61. The quantitative estimate of drug-likeness (QED) is 0.635. The molecule has 1 aliphatic rings. The second kappa shape index (κ2) is 5.05. The van der Waals surface area contributed by atoms with Crippen molar-refractivity contribution in [3.63, 3.8) is 0 Å². The van der Waals surface area contributed by atoms with Gasteiger partial charge in [0.1, 0.15) is 0 Å². The SMILES string of the molecule is COCCC1(CCl)CCOCC1. The molecular weight excluding hydrogens is 176 g/mol. The van der Waals surface area contributed by atoms with Gasteiger partial charge in [0.25, 0.3) is 0 Å². The van der Waals surface area contributed by atoms with Gasteiger partial charge in [-0.05, 0) is 24.7 Å². The second-order valence-electron chi connectivity index (χ2n) is 3.49. The van der Waals surface area contributed by atoms with Crippen LogP contribution in [-0.4, -0.2) is 32.8 Å². The Morgan fingerprint density at radius 2 is 2.08 bits per heavy atom. The zero-order valence-corrected chi connectivity index (χ0v) is 8.40. The van der Waals surface area contributed by atoms with Gasteiger partial charge in [0, 0.05) is 32.8 Å². The molecule has 0 amide bonds. The summed E-state index contributed by atoms with van der Waals surface area (Å²) in [5.74, 6) is 0.736. The first-order valence-electron chi connectivity index (χ1n) is 4.46. The maximum atomic E-state index is 5.96. The number of hydrogen-bond donors (Lipinski definition) is 0. The topological polar surface area (TPSA) is 18.5 Å². The lowest BCUT2D eigenvalue weighted by molar-refractivity contribution is 0.00977. The molecule has 1 aliphatic heterocycles. The first-order valence-corrected chi connectivity index (χ1v) is 4.99. The van der Waals surface area contributed by atoms with E-state index in [0.29, 0.717) is 0 Å². The predicted molar refractivity (Wildman–Crippen MR) is 49.7 cm³/mol. The molecule has 1 rings (SSSR count). The van der Waals surface area contributed by atoms with E-state index in [4.69, 9.17) is 21.1 Å². The summed E-state index contributed by atoms with van der Waals surface area (Å²) in [6, 6.07) is 0. The van der Waals surface area contributed by atoms with E-state index >= 15 is 0 Å². The lowest BCUT2D eigenvalue weighted by Gasteiger charge is -2.35. The number of alkyl halides is 1. The summed E-state index contributed by atoms with van der Waals surface area (Å²) in [4.78, 5) is 0. The lowest BCUT2D eigenvalue weighted by atomic mass is 9.79. The molecule has 0 saturated carbocycles. The second-order valence-corrected chi connectivity index (χ2v) is 3.76. The Morgan fingerprint density at radius 3 is 2.58 bits per heavy atom. The van der Waals surface area contributed by atoms with Crippen LogP contribution in [0.1, 0.15) is 19.3 Å². The highest BCUT2D eigenvalue weighted by Gasteiger charge is 2.31. The Morgan fingerprint density at radius 1 is 1.42 bits per heavy atom. The number of ether oxygens (including phenoxy) is 2. The van der Waals surface area contributed by atoms with Gasteiger partial charge in [0.15, 0.2) is 0 Å². The van der Waals surface area contributed by atoms with Crippen molar-refractivity contribution in [1.82, 2.24) is 0 Å². The molecule has 0 radical (unpaired) electrons. The van der Waals surface area contributed by atoms with Crippen molar-refractivity contribution in [2.75, 3.05) is 32.8 Å². The van der Waals surface area contributed by atoms with Crippen LogP contribution in [0.5, 0.6) is 0 Å². The van der Waals surface area contributed by atoms with Gasteiger partial charge in [-0.2, -0.15) is 0 Å². The molecule has 2 nitrogen and oxygen atoms in total. The number of halogens is 1. The van der Waals surface area contributed by atoms with Crippen molar-refractivity contribution in [3.8, 4) is 0 Å². The van der Waals surface area contributed by atoms with Gasteiger partial charge < -0.3 is 9.47 Å². The summed E-state index contributed by atoms with van der Waals surface area (Å²) in [5.41, 5.74) is 0.288. The molecular formula is C9H17ClO2. The summed E-state index contributed by atoms with van der Waals surface area (Å²) >= 11 is 5.96. The molecule has 1 heterocycles. The molecule has 0 bridgehead atoms. The Labute approximate surface area is 79.2 Å². The summed E-state index contributed by atoms with van der Waals surface area (Å²) in [6.45, 7) is 2.53. The number of methoxy groups -OCH3 is 1. The normalized spacial score (nSPS) is 22.5. The Kier molecular flexibility index (Phi) is 4.33. The van der Waals surface area contributed by atoms with Crippen LogP contribution < -0.4 is 0 Å². The summed E-state index contributed by atoms with van der Waals surface area (Å²) in [6.07, 6.45) is 3.23. The minimum absolute atomic E-state index is 0.288. The maximum Gasteiger partial charge on any atom is 0.0471 e. The molecule has 0 aromatic rings. The fourth-order valence-electron chi connectivity index (χ4n) is 1.57. The molecule has 12 heavy (non-hydrogen) atoms. The largest absolute Gasteiger partial charge is 0.385 e. The first kappa shape index (κ1) is 10.3. The van der Waals surface area contributed by atoms with E-state index in [2.05, 4.69) is 0 Å². The lowest BCUT2D eigenvalue weighted by Crippen LogP contribution is -2.32. The van der Waals surface area contributed by atoms with Gasteiger partial charge >= 0.3 is 0 Å². The van der Waals surface area contributed by atoms with Crippen molar-refractivity contribution in [2.45, 2.75) is 19.3 Å². The molecule has 1 saturated heterocycles. The summed E-state index contributed by atoms with van der Waals surface area (Å²) < 4.78 is 10.4. The van der Waals surface area contributed by atoms with Gasteiger partial charge in [-0.3, -0.25) is 0 Å². The standard InChI is InChI=1S/C9H17ClO2/c1-11-5-2-9(8-10)3-6-12-7-4-9/h2-8H2,1H3. The van der Waals surface area contributed by atoms with E-state index < -0.39 is 0 Å². The number of rotatable bonds is 4. The van der Waals surface area contributed by atoms with Crippen LogP contribution in [-0.2, 0) is 9.47 Å². The predicted octanol–water partition coefficient (Wildman–Crippen LogP) is 2.06. The van der Waals surface area contributed by atoms with Gasteiger partial charge in [0.2, 0.25) is 0 Å². The van der Waals surface area contributed by atoms with Gasteiger partial charge in [-0.1, -0.05) is 0 Å². The van der Waals surface area contributed by atoms with E-state index in [0.717, 1.165) is 45.0 Å². The smallest absolute Gasteiger partial charge is 0.0471 e. The van der Waals surface area contributed by atoms with Crippen LogP contribution in [0.25, 0.3) is 0 Å². The van der Waals surface area contributed by atoms with Gasteiger partial charge in [-0.25, -0.2) is 0 Å². The highest BCUT2D eigenvalue weighted by Crippen LogP contribution is 2.35. The minimum atomic E-state index is 0.288. The van der Waals surface area contributed by atoms with Gasteiger partial charge in [-0.15, -0.1) is 11.6 Å². The molecule has 0 atom stereocenters. The van der Waals surface area contributed by atoms with E-state index in [1.807, 2.05) is 0 Å². The molecule has 0 aliphatic carbocycles. The molecule has 0 unspecified atom stereocenters. The molecule has 1 fully saturated rings. The Hall–Kier alpha value is 0.210. The highest BCUT2D eigenvalue weighted by molar-refractivity contribution is 6.18. The summed E-state index contributed by atoms with van der Waals surface area (Å²) in [7, 11) is 1.74. The van der Waals surface area contributed by atoms with Crippen LogP contribution in [0.3, 0.4) is 0 Å². The zero-order valence-electron chi connectivity index (χ0n) is 7.64. The van der Waals surface area contributed by atoms with E-state index in [1.165, 1.54) is 0 Å². The highest BCUT2D eigenvalue weighted by atomic mass is 35.5.